The quantitative estimate of drug-likeness (QED) is 0.845. The van der Waals surface area contributed by atoms with Crippen molar-refractivity contribution >= 4 is 11.8 Å². The van der Waals surface area contributed by atoms with E-state index in [0.717, 1.165) is 32.7 Å². The number of para-hydroxylation sites is 1. The summed E-state index contributed by atoms with van der Waals surface area (Å²) in [4.78, 5) is 4.99. The molecule has 0 aromatic heterocycles. The minimum atomic E-state index is 1.04. The third-order valence-corrected chi connectivity index (χ3v) is 4.24. The molecule has 2 nitrogen and oxygen atoms in total. The van der Waals surface area contributed by atoms with Gasteiger partial charge in [-0.2, -0.15) is 0 Å². The van der Waals surface area contributed by atoms with E-state index in [9.17, 15) is 0 Å². The van der Waals surface area contributed by atoms with Gasteiger partial charge in [-0.25, -0.2) is 0 Å². The van der Waals surface area contributed by atoms with Crippen molar-refractivity contribution in [1.29, 1.82) is 0 Å². The van der Waals surface area contributed by atoms with E-state index in [4.69, 9.17) is 0 Å². The molecular weight excluding hydrogens is 268 g/mol. The maximum Gasteiger partial charge on any atom is 0.0367 e. The fourth-order valence-electron chi connectivity index (χ4n) is 2.84. The molecule has 22 heavy (non-hydrogen) atoms. The fraction of sp³-hybridized carbons (Fsp3) is 0.300. The van der Waals surface area contributed by atoms with Gasteiger partial charge in [-0.1, -0.05) is 60.2 Å². The number of benzene rings is 2. The molecule has 2 heteroatoms. The van der Waals surface area contributed by atoms with Crippen LogP contribution in [0.3, 0.4) is 0 Å². The molecule has 0 radical (unpaired) electrons. The Kier molecular flexibility index (Phi) is 4.92. The van der Waals surface area contributed by atoms with Crippen LogP contribution in [-0.4, -0.2) is 37.6 Å². The highest BCUT2D eigenvalue weighted by Crippen LogP contribution is 2.15. The zero-order valence-corrected chi connectivity index (χ0v) is 13.3. The standard InChI is InChI=1S/C20H24N2/c1-18-9-11-19(12-10-18)6-5-13-21-14-16-22(17-15-21)20-7-3-2-4-8-20/h2-12H,13-17H2,1H3/b6-5+. The molecule has 2 aromatic carbocycles. The van der Waals surface area contributed by atoms with Gasteiger partial charge in [0.15, 0.2) is 0 Å². The molecule has 0 bridgehead atoms. The van der Waals surface area contributed by atoms with E-state index in [1.807, 2.05) is 0 Å². The van der Waals surface area contributed by atoms with Crippen LogP contribution in [0.2, 0.25) is 0 Å². The van der Waals surface area contributed by atoms with Gasteiger partial charge in [-0.3, -0.25) is 4.90 Å². The smallest absolute Gasteiger partial charge is 0.0367 e. The molecule has 0 unspecified atom stereocenters. The SMILES string of the molecule is Cc1ccc(/C=C/CN2CCN(c3ccccc3)CC2)cc1. The van der Waals surface area contributed by atoms with Gasteiger partial charge >= 0.3 is 0 Å². The van der Waals surface area contributed by atoms with E-state index in [-0.39, 0.29) is 0 Å². The van der Waals surface area contributed by atoms with E-state index in [1.165, 1.54) is 16.8 Å². The molecule has 0 atom stereocenters. The second-order valence-electron chi connectivity index (χ2n) is 5.94. The monoisotopic (exact) mass is 292 g/mol. The molecule has 1 heterocycles. The van der Waals surface area contributed by atoms with Crippen LogP contribution in [0.4, 0.5) is 5.69 Å². The Morgan fingerprint density at radius 1 is 0.864 bits per heavy atom. The lowest BCUT2D eigenvalue weighted by Crippen LogP contribution is -2.46. The van der Waals surface area contributed by atoms with Crippen molar-refractivity contribution in [3.63, 3.8) is 0 Å². The van der Waals surface area contributed by atoms with Crippen molar-refractivity contribution in [1.82, 2.24) is 4.90 Å². The van der Waals surface area contributed by atoms with Gasteiger partial charge in [0.1, 0.15) is 0 Å². The highest BCUT2D eigenvalue weighted by molar-refractivity contribution is 5.50. The van der Waals surface area contributed by atoms with Gasteiger partial charge < -0.3 is 4.90 Å². The zero-order valence-electron chi connectivity index (χ0n) is 13.3. The maximum absolute atomic E-state index is 2.52. The van der Waals surface area contributed by atoms with Crippen LogP contribution in [0.15, 0.2) is 60.7 Å². The minimum absolute atomic E-state index is 1.04. The highest BCUT2D eigenvalue weighted by atomic mass is 15.3. The minimum Gasteiger partial charge on any atom is -0.369 e. The third-order valence-electron chi connectivity index (χ3n) is 4.24. The average molecular weight is 292 g/mol. The average Bonchev–Trinajstić information content (AvgIpc) is 2.58. The number of piperazine rings is 1. The Labute approximate surface area is 133 Å². The summed E-state index contributed by atoms with van der Waals surface area (Å²) >= 11 is 0. The topological polar surface area (TPSA) is 6.48 Å². The van der Waals surface area contributed by atoms with E-state index < -0.39 is 0 Å². The highest BCUT2D eigenvalue weighted by Gasteiger charge is 2.15. The van der Waals surface area contributed by atoms with Gasteiger partial charge in [-0.15, -0.1) is 0 Å². The second kappa shape index (κ2) is 7.28. The van der Waals surface area contributed by atoms with Gasteiger partial charge in [0, 0.05) is 38.4 Å². The lowest BCUT2D eigenvalue weighted by Gasteiger charge is -2.35. The summed E-state index contributed by atoms with van der Waals surface area (Å²) < 4.78 is 0. The van der Waals surface area contributed by atoms with Crippen LogP contribution in [0, 0.1) is 6.92 Å². The van der Waals surface area contributed by atoms with Crippen molar-refractivity contribution in [2.45, 2.75) is 6.92 Å². The lowest BCUT2D eigenvalue weighted by molar-refractivity contribution is 0.284. The predicted molar refractivity (Wildman–Crippen MR) is 95.3 cm³/mol. The molecule has 3 rings (SSSR count). The first-order valence-corrected chi connectivity index (χ1v) is 8.07. The molecular formula is C20H24N2. The normalized spacial score (nSPS) is 16.3. The molecule has 0 aliphatic carbocycles. The van der Waals surface area contributed by atoms with Crippen molar-refractivity contribution < 1.29 is 0 Å². The maximum atomic E-state index is 2.52. The second-order valence-corrected chi connectivity index (χ2v) is 5.94. The number of rotatable bonds is 4. The van der Waals surface area contributed by atoms with Crippen LogP contribution in [-0.2, 0) is 0 Å². The van der Waals surface area contributed by atoms with Gasteiger partial charge in [0.2, 0.25) is 0 Å². The van der Waals surface area contributed by atoms with Gasteiger partial charge in [0.05, 0.1) is 0 Å². The van der Waals surface area contributed by atoms with Crippen LogP contribution in [0.25, 0.3) is 6.08 Å². The Bertz CT molecular complexity index is 593. The molecule has 1 fully saturated rings. The van der Waals surface area contributed by atoms with E-state index in [0.29, 0.717) is 0 Å². The summed E-state index contributed by atoms with van der Waals surface area (Å²) in [6.07, 6.45) is 4.51. The summed E-state index contributed by atoms with van der Waals surface area (Å²) in [5.41, 5.74) is 3.94. The lowest BCUT2D eigenvalue weighted by atomic mass is 10.1. The van der Waals surface area contributed by atoms with Crippen molar-refractivity contribution in [2.75, 3.05) is 37.6 Å². The Hall–Kier alpha value is -2.06. The fourth-order valence-corrected chi connectivity index (χ4v) is 2.84. The third kappa shape index (κ3) is 3.99. The zero-order chi connectivity index (χ0) is 15.2. The molecule has 1 saturated heterocycles. The van der Waals surface area contributed by atoms with E-state index >= 15 is 0 Å². The number of nitrogens with zero attached hydrogens (tertiary/aromatic N) is 2. The summed E-state index contributed by atoms with van der Waals surface area (Å²) in [6, 6.07) is 19.4. The van der Waals surface area contributed by atoms with Gasteiger partial charge in [-0.05, 0) is 24.6 Å². The summed E-state index contributed by atoms with van der Waals surface area (Å²) in [6.45, 7) is 7.65. The predicted octanol–water partition coefficient (Wildman–Crippen LogP) is 3.83. The Morgan fingerprint density at radius 3 is 2.23 bits per heavy atom. The van der Waals surface area contributed by atoms with E-state index in [2.05, 4.69) is 83.5 Å². The van der Waals surface area contributed by atoms with Crippen molar-refractivity contribution in [3.8, 4) is 0 Å². The molecule has 0 saturated carbocycles. The Morgan fingerprint density at radius 2 is 1.55 bits per heavy atom. The molecule has 0 amide bonds. The van der Waals surface area contributed by atoms with Crippen LogP contribution in [0.5, 0.6) is 0 Å². The molecule has 2 aromatic rings. The molecule has 1 aliphatic rings. The molecule has 0 spiro atoms. The van der Waals surface area contributed by atoms with Crippen molar-refractivity contribution in [3.05, 3.63) is 71.8 Å². The van der Waals surface area contributed by atoms with E-state index in [1.54, 1.807) is 0 Å². The molecule has 114 valence electrons. The largest absolute Gasteiger partial charge is 0.369 e. The summed E-state index contributed by atoms with van der Waals surface area (Å²) in [7, 11) is 0. The number of aryl methyl sites for hydroxylation is 1. The van der Waals surface area contributed by atoms with Gasteiger partial charge in [0.25, 0.3) is 0 Å². The number of hydrogen-bond donors (Lipinski definition) is 0. The molecule has 1 aliphatic heterocycles. The van der Waals surface area contributed by atoms with Crippen molar-refractivity contribution in [2.24, 2.45) is 0 Å². The number of hydrogen-bond acceptors (Lipinski definition) is 2. The molecule has 0 N–H and O–H groups in total. The first-order chi connectivity index (χ1) is 10.8. The summed E-state index contributed by atoms with van der Waals surface area (Å²) in [5, 5.41) is 0. The number of anilines is 1. The van der Waals surface area contributed by atoms with Crippen LogP contribution >= 0.6 is 0 Å². The summed E-state index contributed by atoms with van der Waals surface area (Å²) in [5.74, 6) is 0. The Balaban J connectivity index is 1.47. The first kappa shape index (κ1) is 14.9. The van der Waals surface area contributed by atoms with Crippen LogP contribution < -0.4 is 4.90 Å². The first-order valence-electron chi connectivity index (χ1n) is 8.07. The van der Waals surface area contributed by atoms with Crippen LogP contribution in [0.1, 0.15) is 11.1 Å².